The first-order valence-electron chi connectivity index (χ1n) is 4.44. The zero-order valence-corrected chi connectivity index (χ0v) is 9.38. The van der Waals surface area contributed by atoms with Crippen molar-refractivity contribution in [2.24, 2.45) is 5.73 Å². The second-order valence-electron chi connectivity index (χ2n) is 2.91. The lowest BCUT2D eigenvalue weighted by Gasteiger charge is -2.05. The Kier molecular flexibility index (Phi) is 4.62. The van der Waals surface area contributed by atoms with E-state index in [0.29, 0.717) is 19.5 Å². The van der Waals surface area contributed by atoms with Gasteiger partial charge in [0.05, 0.1) is 0 Å². The molecular formula is C10H13BrN2O. The maximum absolute atomic E-state index is 11.1. The van der Waals surface area contributed by atoms with Crippen LogP contribution < -0.4 is 11.1 Å². The van der Waals surface area contributed by atoms with Crippen LogP contribution in [0.25, 0.3) is 0 Å². The number of amides is 1. The molecule has 0 saturated carbocycles. The Bertz CT molecular complexity index is 315. The first kappa shape index (κ1) is 11.2. The molecule has 0 bridgehead atoms. The number of halogens is 1. The summed E-state index contributed by atoms with van der Waals surface area (Å²) in [6.07, 6.45) is 0.379. The summed E-state index contributed by atoms with van der Waals surface area (Å²) in [4.78, 5) is 11.1. The molecule has 0 aromatic heterocycles. The molecule has 0 radical (unpaired) electrons. The molecule has 0 aliphatic heterocycles. The number of rotatable bonds is 4. The van der Waals surface area contributed by atoms with E-state index in [1.165, 1.54) is 0 Å². The predicted octanol–water partition coefficient (Wildman–Crippen LogP) is 1.41. The summed E-state index contributed by atoms with van der Waals surface area (Å²) < 4.78 is 1.01. The molecule has 76 valence electrons. The Hall–Kier alpha value is -0.870. The molecule has 3 nitrogen and oxygen atoms in total. The summed E-state index contributed by atoms with van der Waals surface area (Å²) in [5.41, 5.74) is 6.33. The maximum atomic E-state index is 11.1. The van der Waals surface area contributed by atoms with E-state index in [1.807, 2.05) is 24.3 Å². The summed E-state index contributed by atoms with van der Waals surface area (Å²) >= 11 is 3.41. The number of carbonyl (C=O) groups is 1. The van der Waals surface area contributed by atoms with Crippen molar-refractivity contribution in [1.29, 1.82) is 0 Å². The van der Waals surface area contributed by atoms with Crippen molar-refractivity contribution in [3.63, 3.8) is 0 Å². The van der Waals surface area contributed by atoms with Crippen molar-refractivity contribution in [2.45, 2.75) is 13.0 Å². The van der Waals surface area contributed by atoms with Gasteiger partial charge in [-0.3, -0.25) is 4.79 Å². The zero-order valence-electron chi connectivity index (χ0n) is 7.79. The molecule has 0 aliphatic rings. The molecule has 0 fully saturated rings. The topological polar surface area (TPSA) is 55.1 Å². The third kappa shape index (κ3) is 3.47. The zero-order chi connectivity index (χ0) is 10.4. The molecule has 0 aliphatic carbocycles. The normalized spacial score (nSPS) is 9.86. The fourth-order valence-corrected chi connectivity index (χ4v) is 1.48. The van der Waals surface area contributed by atoms with Crippen LogP contribution in [0.4, 0.5) is 0 Å². The van der Waals surface area contributed by atoms with Crippen LogP contribution in [0.1, 0.15) is 12.0 Å². The minimum Gasteiger partial charge on any atom is -0.352 e. The predicted molar refractivity (Wildman–Crippen MR) is 59.7 cm³/mol. The number of hydrogen-bond acceptors (Lipinski definition) is 2. The van der Waals surface area contributed by atoms with Gasteiger partial charge in [-0.05, 0) is 11.6 Å². The summed E-state index contributed by atoms with van der Waals surface area (Å²) in [5, 5.41) is 2.79. The van der Waals surface area contributed by atoms with Crippen molar-refractivity contribution in [3.05, 3.63) is 34.3 Å². The molecule has 1 rings (SSSR count). The van der Waals surface area contributed by atoms with Crippen LogP contribution in [0.2, 0.25) is 0 Å². The second-order valence-corrected chi connectivity index (χ2v) is 3.76. The summed E-state index contributed by atoms with van der Waals surface area (Å²) in [6, 6.07) is 7.79. The van der Waals surface area contributed by atoms with Gasteiger partial charge in [-0.25, -0.2) is 0 Å². The van der Waals surface area contributed by atoms with Crippen molar-refractivity contribution in [2.75, 3.05) is 6.54 Å². The van der Waals surface area contributed by atoms with Gasteiger partial charge < -0.3 is 11.1 Å². The van der Waals surface area contributed by atoms with Crippen LogP contribution in [0.5, 0.6) is 0 Å². The lowest BCUT2D eigenvalue weighted by atomic mass is 10.2. The van der Waals surface area contributed by atoms with E-state index >= 15 is 0 Å². The molecule has 14 heavy (non-hydrogen) atoms. The Morgan fingerprint density at radius 3 is 2.79 bits per heavy atom. The van der Waals surface area contributed by atoms with Crippen molar-refractivity contribution in [3.8, 4) is 0 Å². The van der Waals surface area contributed by atoms with Crippen LogP contribution >= 0.6 is 15.9 Å². The van der Waals surface area contributed by atoms with Crippen molar-refractivity contribution in [1.82, 2.24) is 5.32 Å². The van der Waals surface area contributed by atoms with Gasteiger partial charge in [0.2, 0.25) is 5.91 Å². The van der Waals surface area contributed by atoms with Gasteiger partial charge in [-0.1, -0.05) is 34.1 Å². The van der Waals surface area contributed by atoms with Crippen LogP contribution in [0.3, 0.4) is 0 Å². The van der Waals surface area contributed by atoms with Crippen molar-refractivity contribution < 1.29 is 4.79 Å². The van der Waals surface area contributed by atoms with E-state index in [-0.39, 0.29) is 5.91 Å². The quantitative estimate of drug-likeness (QED) is 0.856. The molecule has 0 unspecified atom stereocenters. The van der Waals surface area contributed by atoms with Crippen molar-refractivity contribution >= 4 is 21.8 Å². The third-order valence-electron chi connectivity index (χ3n) is 1.81. The first-order chi connectivity index (χ1) is 6.74. The van der Waals surface area contributed by atoms with Crippen LogP contribution in [-0.4, -0.2) is 12.5 Å². The highest BCUT2D eigenvalue weighted by Gasteiger charge is 2.01. The fraction of sp³-hybridized carbons (Fsp3) is 0.300. The fourth-order valence-electron chi connectivity index (χ4n) is 1.06. The number of hydrogen-bond donors (Lipinski definition) is 2. The number of nitrogens with one attached hydrogen (secondary N) is 1. The lowest BCUT2D eigenvalue weighted by molar-refractivity contribution is -0.121. The number of benzene rings is 1. The summed E-state index contributed by atoms with van der Waals surface area (Å²) in [6.45, 7) is 0.933. The van der Waals surface area contributed by atoms with E-state index in [2.05, 4.69) is 21.2 Å². The molecule has 0 saturated heterocycles. The average molecular weight is 257 g/mol. The van der Waals surface area contributed by atoms with E-state index in [1.54, 1.807) is 0 Å². The first-order valence-corrected chi connectivity index (χ1v) is 5.23. The van der Waals surface area contributed by atoms with Gasteiger partial charge in [-0.2, -0.15) is 0 Å². The minimum absolute atomic E-state index is 0.0109. The van der Waals surface area contributed by atoms with Gasteiger partial charge in [0.15, 0.2) is 0 Å². The highest BCUT2D eigenvalue weighted by atomic mass is 79.9. The molecule has 1 aromatic rings. The second kappa shape index (κ2) is 5.78. The van der Waals surface area contributed by atoms with Crippen LogP contribution in [-0.2, 0) is 11.3 Å². The number of carbonyl (C=O) groups excluding carboxylic acids is 1. The molecule has 0 atom stereocenters. The van der Waals surface area contributed by atoms with Gasteiger partial charge in [0.1, 0.15) is 0 Å². The van der Waals surface area contributed by atoms with E-state index in [4.69, 9.17) is 5.73 Å². The van der Waals surface area contributed by atoms with Crippen LogP contribution in [0.15, 0.2) is 28.7 Å². The minimum atomic E-state index is -0.0109. The van der Waals surface area contributed by atoms with Gasteiger partial charge >= 0.3 is 0 Å². The largest absolute Gasteiger partial charge is 0.352 e. The maximum Gasteiger partial charge on any atom is 0.221 e. The highest BCUT2D eigenvalue weighted by Crippen LogP contribution is 2.15. The highest BCUT2D eigenvalue weighted by molar-refractivity contribution is 9.10. The van der Waals surface area contributed by atoms with E-state index < -0.39 is 0 Å². The Labute approximate surface area is 91.8 Å². The summed E-state index contributed by atoms with van der Waals surface area (Å²) in [7, 11) is 0. The summed E-state index contributed by atoms with van der Waals surface area (Å²) in [5.74, 6) is -0.0109. The molecule has 0 heterocycles. The van der Waals surface area contributed by atoms with Gasteiger partial charge in [0, 0.05) is 24.0 Å². The Balaban J connectivity index is 2.46. The average Bonchev–Trinajstić information content (AvgIpc) is 2.17. The van der Waals surface area contributed by atoms with E-state index in [9.17, 15) is 4.79 Å². The smallest absolute Gasteiger partial charge is 0.221 e. The Morgan fingerprint density at radius 1 is 1.43 bits per heavy atom. The SMILES string of the molecule is NCCC(=O)NCc1ccccc1Br. The molecule has 0 spiro atoms. The molecule has 3 N–H and O–H groups in total. The molecule has 1 aromatic carbocycles. The van der Waals surface area contributed by atoms with Gasteiger partial charge in [-0.15, -0.1) is 0 Å². The number of nitrogens with two attached hydrogens (primary N) is 1. The Morgan fingerprint density at radius 2 is 2.14 bits per heavy atom. The third-order valence-corrected chi connectivity index (χ3v) is 2.58. The monoisotopic (exact) mass is 256 g/mol. The van der Waals surface area contributed by atoms with Gasteiger partial charge in [0.25, 0.3) is 0 Å². The standard InChI is InChI=1S/C10H13BrN2O/c11-9-4-2-1-3-8(9)7-13-10(14)5-6-12/h1-4H,5-7,12H2,(H,13,14). The molecule has 1 amide bonds. The lowest BCUT2D eigenvalue weighted by Crippen LogP contribution is -2.25. The van der Waals surface area contributed by atoms with Crippen LogP contribution in [0, 0.1) is 0 Å². The molecular weight excluding hydrogens is 244 g/mol. The van der Waals surface area contributed by atoms with E-state index in [0.717, 1.165) is 10.0 Å². The molecule has 4 heteroatoms.